The summed E-state index contributed by atoms with van der Waals surface area (Å²) in [4.78, 5) is 14.0. The molecule has 162 valence electrons. The van der Waals surface area contributed by atoms with Crippen LogP contribution in [0.25, 0.3) is 60.6 Å². The van der Waals surface area contributed by atoms with Crippen molar-refractivity contribution in [2.45, 2.75) is 12.8 Å². The van der Waals surface area contributed by atoms with Crippen molar-refractivity contribution in [2.75, 3.05) is 0 Å². The van der Waals surface area contributed by atoms with Gasteiger partial charge in [0.15, 0.2) is 0 Å². The van der Waals surface area contributed by atoms with E-state index in [0.717, 1.165) is 51.2 Å². The second-order valence-electron chi connectivity index (χ2n) is 9.72. The minimum Gasteiger partial charge on any atom is -0.292 e. The lowest BCUT2D eigenvalue weighted by molar-refractivity contribution is 1.23. The Bertz CT molecular complexity index is 2070. The van der Waals surface area contributed by atoms with Crippen LogP contribution < -0.4 is 0 Å². The average molecular weight is 447 g/mol. The van der Waals surface area contributed by atoms with Crippen molar-refractivity contribution < 1.29 is 0 Å². The van der Waals surface area contributed by atoms with E-state index in [1.165, 1.54) is 44.5 Å². The van der Waals surface area contributed by atoms with E-state index in [1.807, 2.05) is 24.8 Å². The fourth-order valence-electron chi connectivity index (χ4n) is 6.51. The molecule has 0 atom stereocenters. The van der Waals surface area contributed by atoms with Gasteiger partial charge in [0.25, 0.3) is 0 Å². The van der Waals surface area contributed by atoms with Crippen LogP contribution in [0.5, 0.6) is 0 Å². The number of hydrogen-bond acceptors (Lipinski definition) is 3. The minimum atomic E-state index is 0.967. The van der Waals surface area contributed by atoms with E-state index in [4.69, 9.17) is 4.98 Å². The molecule has 4 heteroatoms. The highest BCUT2D eigenvalue weighted by Crippen LogP contribution is 2.48. The van der Waals surface area contributed by atoms with Crippen LogP contribution in [0.15, 0.2) is 85.5 Å². The highest BCUT2D eigenvalue weighted by molar-refractivity contribution is 6.13. The number of imidazole rings is 1. The van der Waals surface area contributed by atoms with Crippen LogP contribution in [0.1, 0.15) is 22.3 Å². The van der Waals surface area contributed by atoms with Crippen LogP contribution in [0, 0.1) is 0 Å². The Morgan fingerprint density at radius 3 is 2.49 bits per heavy atom. The molecule has 0 amide bonds. The molecule has 4 nitrogen and oxygen atoms in total. The molecule has 7 aromatic rings. The van der Waals surface area contributed by atoms with Gasteiger partial charge in [-0.2, -0.15) is 0 Å². The monoisotopic (exact) mass is 446 g/mol. The lowest BCUT2D eigenvalue weighted by Crippen LogP contribution is -1.93. The van der Waals surface area contributed by atoms with Crippen LogP contribution in [-0.2, 0) is 12.8 Å². The average Bonchev–Trinajstić information content (AvgIpc) is 3.58. The first-order valence-electron chi connectivity index (χ1n) is 12.0. The fraction of sp³-hybridized carbons (Fsp3) is 0.0645. The number of nitrogens with zero attached hydrogens (tertiary/aromatic N) is 4. The van der Waals surface area contributed by atoms with Gasteiger partial charge in [0, 0.05) is 40.9 Å². The number of fused-ring (bicyclic) bond motifs is 15. The molecule has 0 unspecified atom stereocenters. The van der Waals surface area contributed by atoms with E-state index in [1.54, 1.807) is 0 Å². The molecule has 2 aliphatic rings. The van der Waals surface area contributed by atoms with Gasteiger partial charge in [-0.15, -0.1) is 0 Å². The quantitative estimate of drug-likeness (QED) is 0.243. The Hall–Kier alpha value is -4.57. The van der Waals surface area contributed by atoms with Gasteiger partial charge in [-0.05, 0) is 81.6 Å². The maximum atomic E-state index is 5.19. The predicted molar refractivity (Wildman–Crippen MR) is 140 cm³/mol. The zero-order chi connectivity index (χ0) is 22.7. The Morgan fingerprint density at radius 2 is 1.51 bits per heavy atom. The molecule has 2 aliphatic carbocycles. The summed E-state index contributed by atoms with van der Waals surface area (Å²) in [7, 11) is 0. The van der Waals surface area contributed by atoms with Crippen molar-refractivity contribution in [3.8, 4) is 22.3 Å². The van der Waals surface area contributed by atoms with Crippen molar-refractivity contribution in [3.05, 3.63) is 108 Å². The molecule has 0 fully saturated rings. The fourth-order valence-corrected chi connectivity index (χ4v) is 6.51. The van der Waals surface area contributed by atoms with Crippen molar-refractivity contribution in [1.82, 2.24) is 19.4 Å². The predicted octanol–water partition coefficient (Wildman–Crippen LogP) is 6.73. The zero-order valence-electron chi connectivity index (χ0n) is 18.8. The first kappa shape index (κ1) is 17.8. The normalized spacial score (nSPS) is 13.5. The topological polar surface area (TPSA) is 43.1 Å². The SMILES string of the molecule is c1ccc2c(c1)Cc1c-2ccc2c1-c1cc3nc4c5ccncc5c5cnccc5n4c3cc1C2. The van der Waals surface area contributed by atoms with Crippen LogP contribution in [-0.4, -0.2) is 19.4 Å². The third-order valence-corrected chi connectivity index (χ3v) is 7.99. The number of pyridine rings is 3. The second kappa shape index (κ2) is 6.10. The lowest BCUT2D eigenvalue weighted by atomic mass is 9.95. The number of hydrogen-bond donors (Lipinski definition) is 0. The molecule has 0 N–H and O–H groups in total. The van der Waals surface area contributed by atoms with Gasteiger partial charge in [-0.25, -0.2) is 4.98 Å². The van der Waals surface area contributed by atoms with Crippen molar-refractivity contribution in [1.29, 1.82) is 0 Å². The maximum absolute atomic E-state index is 5.19. The first-order valence-corrected chi connectivity index (χ1v) is 12.0. The van der Waals surface area contributed by atoms with Gasteiger partial charge in [0.2, 0.25) is 0 Å². The molecule has 0 spiro atoms. The molecular formula is C31H18N4. The summed E-state index contributed by atoms with van der Waals surface area (Å²) < 4.78 is 2.30. The smallest absolute Gasteiger partial charge is 0.146 e. The van der Waals surface area contributed by atoms with E-state index in [9.17, 15) is 0 Å². The highest BCUT2D eigenvalue weighted by atomic mass is 15.0. The minimum absolute atomic E-state index is 0.967. The second-order valence-corrected chi connectivity index (χ2v) is 9.72. The van der Waals surface area contributed by atoms with Gasteiger partial charge in [-0.1, -0.05) is 36.4 Å². The number of rotatable bonds is 0. The van der Waals surface area contributed by atoms with Crippen molar-refractivity contribution in [2.24, 2.45) is 0 Å². The molecule has 4 heterocycles. The van der Waals surface area contributed by atoms with Gasteiger partial charge >= 0.3 is 0 Å². The lowest BCUT2D eigenvalue weighted by Gasteiger charge is -2.09. The summed E-state index contributed by atoms with van der Waals surface area (Å²) in [5.41, 5.74) is 15.5. The highest BCUT2D eigenvalue weighted by Gasteiger charge is 2.29. The third kappa shape index (κ3) is 2.15. The molecule has 35 heavy (non-hydrogen) atoms. The van der Waals surface area contributed by atoms with E-state index in [0.29, 0.717) is 0 Å². The summed E-state index contributed by atoms with van der Waals surface area (Å²) in [5.74, 6) is 0. The van der Waals surface area contributed by atoms with E-state index < -0.39 is 0 Å². The first-order chi connectivity index (χ1) is 17.3. The van der Waals surface area contributed by atoms with Crippen molar-refractivity contribution in [3.63, 3.8) is 0 Å². The molecule has 0 aliphatic heterocycles. The van der Waals surface area contributed by atoms with Gasteiger partial charge in [0.05, 0.1) is 16.6 Å². The Kier molecular flexibility index (Phi) is 3.11. The van der Waals surface area contributed by atoms with Crippen LogP contribution in [0.3, 0.4) is 0 Å². The standard InChI is InChI=1S/C31H18N4/c1-2-4-20-17(3-1)12-24-21(20)6-5-18-11-19-13-29-27(14-23(19)30(18)24)34-31-22-7-9-32-15-25(22)26-16-33-10-8-28(26)35(29)31/h1-10,13-16H,11-12H2. The van der Waals surface area contributed by atoms with Crippen LogP contribution >= 0.6 is 0 Å². The Balaban J connectivity index is 1.38. The molecular weight excluding hydrogens is 428 g/mol. The summed E-state index contributed by atoms with van der Waals surface area (Å²) in [6.45, 7) is 0. The van der Waals surface area contributed by atoms with Gasteiger partial charge < -0.3 is 0 Å². The number of benzene rings is 3. The molecule has 4 aromatic heterocycles. The Morgan fingerprint density at radius 1 is 0.629 bits per heavy atom. The molecule has 3 aromatic carbocycles. The summed E-state index contributed by atoms with van der Waals surface area (Å²) in [6.07, 6.45) is 9.55. The number of aromatic nitrogens is 4. The Labute approximate surface area is 200 Å². The zero-order valence-corrected chi connectivity index (χ0v) is 18.8. The maximum Gasteiger partial charge on any atom is 0.146 e. The van der Waals surface area contributed by atoms with E-state index in [-0.39, 0.29) is 0 Å². The van der Waals surface area contributed by atoms with E-state index in [2.05, 4.69) is 75.0 Å². The summed E-state index contributed by atoms with van der Waals surface area (Å²) >= 11 is 0. The summed E-state index contributed by atoms with van der Waals surface area (Å²) in [5, 5.41) is 3.29. The third-order valence-electron chi connectivity index (χ3n) is 7.99. The van der Waals surface area contributed by atoms with Gasteiger partial charge in [-0.3, -0.25) is 14.4 Å². The molecule has 0 saturated heterocycles. The molecule has 0 radical (unpaired) electrons. The molecule has 9 rings (SSSR count). The van der Waals surface area contributed by atoms with Gasteiger partial charge in [0.1, 0.15) is 5.65 Å². The largest absolute Gasteiger partial charge is 0.292 e. The van der Waals surface area contributed by atoms with Crippen LogP contribution in [0.2, 0.25) is 0 Å². The molecule has 0 saturated carbocycles. The van der Waals surface area contributed by atoms with E-state index >= 15 is 0 Å². The molecule has 0 bridgehead atoms. The summed E-state index contributed by atoms with van der Waals surface area (Å²) in [6, 6.07) is 22.3. The van der Waals surface area contributed by atoms with Crippen LogP contribution in [0.4, 0.5) is 0 Å². The van der Waals surface area contributed by atoms with Crippen molar-refractivity contribution >= 4 is 38.4 Å².